The lowest BCUT2D eigenvalue weighted by molar-refractivity contribution is -0.242. The van der Waals surface area contributed by atoms with Gasteiger partial charge in [0.15, 0.2) is 11.5 Å². The second-order valence-corrected chi connectivity index (χ2v) is 3.72. The molecule has 4 nitrogen and oxygen atoms in total. The highest BCUT2D eigenvalue weighted by Crippen LogP contribution is 2.45. The first-order valence-corrected chi connectivity index (χ1v) is 5.29. The van der Waals surface area contributed by atoms with Crippen molar-refractivity contribution in [3.8, 4) is 11.5 Å². The Morgan fingerprint density at radius 2 is 1.55 bits per heavy atom. The number of benzene rings is 1. The van der Waals surface area contributed by atoms with Gasteiger partial charge in [-0.1, -0.05) is 6.07 Å². The second-order valence-electron chi connectivity index (χ2n) is 3.72. The van der Waals surface area contributed by atoms with E-state index in [1.807, 2.05) is 0 Å². The summed E-state index contributed by atoms with van der Waals surface area (Å²) in [6.45, 7) is 0. The van der Waals surface area contributed by atoms with Crippen molar-refractivity contribution in [3.05, 3.63) is 23.8 Å². The number of alkyl halides is 4. The summed E-state index contributed by atoms with van der Waals surface area (Å²) < 4.78 is 66.5. The van der Waals surface area contributed by atoms with Crippen LogP contribution in [0.5, 0.6) is 11.5 Å². The summed E-state index contributed by atoms with van der Waals surface area (Å²) in [6.07, 6.45) is -5.47. The Balaban J connectivity index is 3.47. The Bertz CT molecular complexity index is 501. The van der Waals surface area contributed by atoms with Crippen LogP contribution in [0.15, 0.2) is 18.2 Å². The lowest BCUT2D eigenvalue weighted by atomic mass is 9.94. The van der Waals surface area contributed by atoms with E-state index in [-0.39, 0.29) is 11.5 Å². The molecule has 0 amide bonds. The first-order chi connectivity index (χ1) is 9.22. The Hall–Kier alpha value is -1.99. The molecule has 8 heteroatoms. The van der Waals surface area contributed by atoms with Crippen LogP contribution < -0.4 is 9.47 Å². The van der Waals surface area contributed by atoms with E-state index in [0.29, 0.717) is 7.11 Å². The number of hydrogen-bond acceptors (Lipinski definition) is 4. The molecule has 112 valence electrons. The molecule has 0 saturated carbocycles. The predicted octanol–water partition coefficient (Wildman–Crippen LogP) is 2.60. The monoisotopic (exact) mass is 296 g/mol. The first kappa shape index (κ1) is 16.1. The molecule has 0 fully saturated rings. The van der Waals surface area contributed by atoms with Crippen LogP contribution in [0.2, 0.25) is 0 Å². The van der Waals surface area contributed by atoms with Crippen LogP contribution in [0.1, 0.15) is 5.56 Å². The molecule has 1 aromatic rings. The maximum Gasteiger partial charge on any atom is 0.437 e. The summed E-state index contributed by atoms with van der Waals surface area (Å²) in [5.41, 5.74) is -5.23. The number of hydrogen-bond donors (Lipinski definition) is 0. The van der Waals surface area contributed by atoms with Gasteiger partial charge in [-0.05, 0) is 12.1 Å². The highest BCUT2D eigenvalue weighted by Gasteiger charge is 2.64. The SMILES string of the molecule is COC(=O)C(F)(c1ccc(OC)c(OC)c1)C(F)(F)F. The molecule has 0 aliphatic rings. The van der Waals surface area contributed by atoms with E-state index in [9.17, 15) is 22.4 Å². The zero-order chi connectivity index (χ0) is 15.6. The molecule has 0 N–H and O–H groups in total. The lowest BCUT2D eigenvalue weighted by Crippen LogP contribution is -2.46. The van der Waals surface area contributed by atoms with E-state index in [2.05, 4.69) is 4.74 Å². The molecule has 20 heavy (non-hydrogen) atoms. The molecule has 0 heterocycles. The molecule has 1 aromatic carbocycles. The van der Waals surface area contributed by atoms with Gasteiger partial charge in [-0.25, -0.2) is 9.18 Å². The van der Waals surface area contributed by atoms with Gasteiger partial charge in [0.1, 0.15) is 0 Å². The molecule has 0 spiro atoms. The average Bonchev–Trinajstić information content (AvgIpc) is 2.43. The summed E-state index contributed by atoms with van der Waals surface area (Å²) in [6, 6.07) is 2.59. The quantitative estimate of drug-likeness (QED) is 0.633. The Kier molecular flexibility index (Phi) is 4.46. The Morgan fingerprint density at radius 3 is 1.95 bits per heavy atom. The van der Waals surface area contributed by atoms with Gasteiger partial charge in [-0.3, -0.25) is 0 Å². The third kappa shape index (κ3) is 2.50. The van der Waals surface area contributed by atoms with E-state index < -0.39 is 23.4 Å². The predicted molar refractivity (Wildman–Crippen MR) is 60.4 cm³/mol. The molecule has 0 saturated heterocycles. The lowest BCUT2D eigenvalue weighted by Gasteiger charge is -2.26. The van der Waals surface area contributed by atoms with Crippen molar-refractivity contribution < 1.29 is 36.6 Å². The van der Waals surface area contributed by atoms with Crippen molar-refractivity contribution in [2.75, 3.05) is 21.3 Å². The van der Waals surface area contributed by atoms with Crippen LogP contribution in [-0.4, -0.2) is 33.5 Å². The van der Waals surface area contributed by atoms with Crippen molar-refractivity contribution in [1.82, 2.24) is 0 Å². The van der Waals surface area contributed by atoms with Crippen LogP contribution in [0, 0.1) is 0 Å². The number of esters is 1. The molecular formula is C12H12F4O4. The zero-order valence-corrected chi connectivity index (χ0v) is 10.9. The summed E-state index contributed by atoms with van der Waals surface area (Å²) in [4.78, 5) is 11.2. The van der Waals surface area contributed by atoms with Crippen LogP contribution in [-0.2, 0) is 15.2 Å². The smallest absolute Gasteiger partial charge is 0.437 e. The fraction of sp³-hybridized carbons (Fsp3) is 0.417. The standard InChI is InChI=1S/C12H12F4O4/c1-18-8-5-4-7(6-9(8)19-2)11(13,10(17)20-3)12(14,15)16/h4-6H,1-3H3. The van der Waals surface area contributed by atoms with Gasteiger partial charge in [0.2, 0.25) is 0 Å². The van der Waals surface area contributed by atoms with Crippen LogP contribution in [0.3, 0.4) is 0 Å². The van der Waals surface area contributed by atoms with E-state index in [1.54, 1.807) is 0 Å². The third-order valence-electron chi connectivity index (χ3n) is 2.64. The fourth-order valence-electron chi connectivity index (χ4n) is 1.59. The van der Waals surface area contributed by atoms with E-state index in [4.69, 9.17) is 9.47 Å². The number of halogens is 4. The number of ether oxygens (including phenoxy) is 3. The first-order valence-electron chi connectivity index (χ1n) is 5.29. The van der Waals surface area contributed by atoms with Gasteiger partial charge >= 0.3 is 17.8 Å². The van der Waals surface area contributed by atoms with Crippen molar-refractivity contribution in [2.24, 2.45) is 0 Å². The van der Waals surface area contributed by atoms with Gasteiger partial charge in [0.05, 0.1) is 21.3 Å². The summed E-state index contributed by atoms with van der Waals surface area (Å²) in [5.74, 6) is -2.09. The van der Waals surface area contributed by atoms with Gasteiger partial charge in [-0.2, -0.15) is 13.2 Å². The number of carbonyl (C=O) groups excluding carboxylic acids is 1. The molecule has 0 radical (unpaired) electrons. The van der Waals surface area contributed by atoms with Gasteiger partial charge in [-0.15, -0.1) is 0 Å². The largest absolute Gasteiger partial charge is 0.493 e. The number of carbonyl (C=O) groups is 1. The van der Waals surface area contributed by atoms with Gasteiger partial charge in [0, 0.05) is 5.56 Å². The van der Waals surface area contributed by atoms with Crippen LogP contribution in [0.25, 0.3) is 0 Å². The molecule has 1 atom stereocenters. The molecular weight excluding hydrogens is 284 g/mol. The summed E-state index contributed by atoms with van der Waals surface area (Å²) in [7, 11) is 3.11. The molecule has 1 unspecified atom stereocenters. The van der Waals surface area contributed by atoms with Crippen molar-refractivity contribution in [2.45, 2.75) is 11.8 Å². The zero-order valence-electron chi connectivity index (χ0n) is 10.9. The van der Waals surface area contributed by atoms with E-state index in [0.717, 1.165) is 18.2 Å². The van der Waals surface area contributed by atoms with E-state index >= 15 is 0 Å². The Morgan fingerprint density at radius 1 is 1.00 bits per heavy atom. The Labute approximate surface area is 112 Å². The maximum absolute atomic E-state index is 14.3. The number of methoxy groups -OCH3 is 3. The van der Waals surface area contributed by atoms with Gasteiger partial charge in [0.25, 0.3) is 0 Å². The number of rotatable bonds is 4. The van der Waals surface area contributed by atoms with E-state index in [1.165, 1.54) is 14.2 Å². The van der Waals surface area contributed by atoms with Crippen molar-refractivity contribution in [1.29, 1.82) is 0 Å². The van der Waals surface area contributed by atoms with Gasteiger partial charge < -0.3 is 14.2 Å². The van der Waals surface area contributed by atoms with Crippen molar-refractivity contribution >= 4 is 5.97 Å². The molecule has 0 aromatic heterocycles. The van der Waals surface area contributed by atoms with Crippen molar-refractivity contribution in [3.63, 3.8) is 0 Å². The minimum absolute atomic E-state index is 0.102. The van der Waals surface area contributed by atoms with Crippen LogP contribution >= 0.6 is 0 Å². The summed E-state index contributed by atoms with van der Waals surface area (Å²) in [5, 5.41) is 0. The molecule has 1 rings (SSSR count). The highest BCUT2D eigenvalue weighted by atomic mass is 19.4. The average molecular weight is 296 g/mol. The minimum Gasteiger partial charge on any atom is -0.493 e. The van der Waals surface area contributed by atoms with Crippen LogP contribution in [0.4, 0.5) is 17.6 Å². The molecule has 0 aliphatic carbocycles. The second kappa shape index (κ2) is 5.56. The highest BCUT2D eigenvalue weighted by molar-refractivity contribution is 5.82. The maximum atomic E-state index is 14.3. The minimum atomic E-state index is -5.47. The summed E-state index contributed by atoms with van der Waals surface area (Å²) >= 11 is 0. The fourth-order valence-corrected chi connectivity index (χ4v) is 1.59. The normalized spacial score (nSPS) is 14.3. The molecule has 0 bridgehead atoms. The third-order valence-corrected chi connectivity index (χ3v) is 2.64. The topological polar surface area (TPSA) is 44.8 Å². The molecule has 0 aliphatic heterocycles.